The van der Waals surface area contributed by atoms with Crippen LogP contribution in [0.15, 0.2) is 53.4 Å². The fourth-order valence-electron chi connectivity index (χ4n) is 1.88. The van der Waals surface area contributed by atoms with Crippen LogP contribution in [0.2, 0.25) is 5.02 Å². The third-order valence-corrected chi connectivity index (χ3v) is 3.25. The van der Waals surface area contributed by atoms with Crippen molar-refractivity contribution in [1.82, 2.24) is 9.97 Å². The van der Waals surface area contributed by atoms with E-state index in [1.807, 2.05) is 37.3 Å². The number of rotatable bonds is 2. The first-order chi connectivity index (χ1) is 9.25. The molecule has 0 aliphatic heterocycles. The third-order valence-electron chi connectivity index (χ3n) is 2.92. The van der Waals surface area contributed by atoms with Gasteiger partial charge in [-0.3, -0.25) is 4.98 Å². The zero-order chi connectivity index (χ0) is 13.2. The van der Waals surface area contributed by atoms with Gasteiger partial charge in [0.25, 0.3) is 0 Å². The van der Waals surface area contributed by atoms with Crippen LogP contribution in [0.5, 0.6) is 0 Å². The second-order valence-electron chi connectivity index (χ2n) is 4.21. The van der Waals surface area contributed by atoms with Gasteiger partial charge in [0.2, 0.25) is 5.89 Å². The molecule has 0 radical (unpaired) electrons. The topological polar surface area (TPSA) is 38.9 Å². The minimum Gasteiger partial charge on any atom is -0.444 e. The third kappa shape index (κ3) is 2.25. The number of halogens is 1. The molecule has 0 N–H and O–H groups in total. The molecule has 3 aromatic rings. The van der Waals surface area contributed by atoms with Gasteiger partial charge in [0.05, 0.1) is 10.6 Å². The molecule has 0 amide bonds. The lowest BCUT2D eigenvalue weighted by molar-refractivity contribution is 0.574. The SMILES string of the molecule is Cc1ccncc1-c1nc(-c2ccccc2Cl)co1. The summed E-state index contributed by atoms with van der Waals surface area (Å²) in [7, 11) is 0. The fraction of sp³-hybridized carbons (Fsp3) is 0.0667. The van der Waals surface area contributed by atoms with Gasteiger partial charge in [0.1, 0.15) is 12.0 Å². The molecular formula is C15H11ClN2O. The second-order valence-corrected chi connectivity index (χ2v) is 4.62. The number of benzene rings is 1. The molecule has 0 spiro atoms. The van der Waals surface area contributed by atoms with Crippen molar-refractivity contribution in [2.24, 2.45) is 0 Å². The van der Waals surface area contributed by atoms with Crippen molar-refractivity contribution in [1.29, 1.82) is 0 Å². The van der Waals surface area contributed by atoms with E-state index in [4.69, 9.17) is 16.0 Å². The van der Waals surface area contributed by atoms with Gasteiger partial charge in [-0.15, -0.1) is 0 Å². The van der Waals surface area contributed by atoms with Crippen LogP contribution in [0.25, 0.3) is 22.7 Å². The Balaban J connectivity index is 2.06. The van der Waals surface area contributed by atoms with E-state index in [2.05, 4.69) is 9.97 Å². The van der Waals surface area contributed by atoms with E-state index in [-0.39, 0.29) is 0 Å². The summed E-state index contributed by atoms with van der Waals surface area (Å²) in [6, 6.07) is 9.48. The molecule has 2 heterocycles. The average molecular weight is 271 g/mol. The van der Waals surface area contributed by atoms with Crippen LogP contribution in [0.1, 0.15) is 5.56 Å². The lowest BCUT2D eigenvalue weighted by atomic mass is 10.1. The summed E-state index contributed by atoms with van der Waals surface area (Å²) in [5, 5.41) is 0.658. The highest BCUT2D eigenvalue weighted by Crippen LogP contribution is 2.30. The Bertz CT molecular complexity index is 661. The van der Waals surface area contributed by atoms with Crippen LogP contribution in [-0.4, -0.2) is 9.97 Å². The normalized spacial score (nSPS) is 10.6. The van der Waals surface area contributed by atoms with E-state index in [1.54, 1.807) is 18.7 Å². The molecule has 0 atom stereocenters. The Morgan fingerprint density at radius 2 is 1.95 bits per heavy atom. The maximum Gasteiger partial charge on any atom is 0.228 e. The molecule has 2 aromatic heterocycles. The van der Waals surface area contributed by atoms with Crippen LogP contribution in [0.4, 0.5) is 0 Å². The summed E-state index contributed by atoms with van der Waals surface area (Å²) in [6.45, 7) is 2.00. The van der Waals surface area contributed by atoms with Gasteiger partial charge >= 0.3 is 0 Å². The van der Waals surface area contributed by atoms with E-state index >= 15 is 0 Å². The van der Waals surface area contributed by atoms with Crippen LogP contribution in [0.3, 0.4) is 0 Å². The molecule has 4 heteroatoms. The predicted molar refractivity (Wildman–Crippen MR) is 74.9 cm³/mol. The zero-order valence-electron chi connectivity index (χ0n) is 10.3. The van der Waals surface area contributed by atoms with Crippen molar-refractivity contribution >= 4 is 11.6 Å². The second kappa shape index (κ2) is 4.86. The monoisotopic (exact) mass is 270 g/mol. The first kappa shape index (κ1) is 11.9. The van der Waals surface area contributed by atoms with Gasteiger partial charge in [0, 0.05) is 18.0 Å². The van der Waals surface area contributed by atoms with Gasteiger partial charge in [0.15, 0.2) is 0 Å². The van der Waals surface area contributed by atoms with Crippen LogP contribution in [-0.2, 0) is 0 Å². The van der Waals surface area contributed by atoms with Gasteiger partial charge in [-0.25, -0.2) is 4.98 Å². The summed E-state index contributed by atoms with van der Waals surface area (Å²) < 4.78 is 5.53. The molecule has 94 valence electrons. The molecule has 0 aliphatic carbocycles. The highest BCUT2D eigenvalue weighted by molar-refractivity contribution is 6.33. The molecule has 1 aromatic carbocycles. The zero-order valence-corrected chi connectivity index (χ0v) is 11.1. The summed E-state index contributed by atoms with van der Waals surface area (Å²) in [5.41, 5.74) is 3.55. The molecular weight excluding hydrogens is 260 g/mol. The quantitative estimate of drug-likeness (QED) is 0.694. The van der Waals surface area contributed by atoms with Crippen LogP contribution < -0.4 is 0 Å². The number of nitrogens with zero attached hydrogens (tertiary/aromatic N) is 2. The fourth-order valence-corrected chi connectivity index (χ4v) is 2.11. The number of aromatic nitrogens is 2. The van der Waals surface area contributed by atoms with Crippen molar-refractivity contribution in [2.45, 2.75) is 6.92 Å². The van der Waals surface area contributed by atoms with Crippen molar-refractivity contribution in [3.63, 3.8) is 0 Å². The van der Waals surface area contributed by atoms with Crippen molar-refractivity contribution in [2.75, 3.05) is 0 Å². The van der Waals surface area contributed by atoms with Crippen LogP contribution >= 0.6 is 11.6 Å². The summed E-state index contributed by atoms with van der Waals surface area (Å²) in [6.07, 6.45) is 5.11. The van der Waals surface area contributed by atoms with Gasteiger partial charge in [-0.1, -0.05) is 29.8 Å². The first-order valence-corrected chi connectivity index (χ1v) is 6.25. The lowest BCUT2D eigenvalue weighted by Gasteiger charge is -1.99. The number of hydrogen-bond acceptors (Lipinski definition) is 3. The first-order valence-electron chi connectivity index (χ1n) is 5.87. The molecule has 0 saturated heterocycles. The number of pyridine rings is 1. The molecule has 0 saturated carbocycles. The Kier molecular flexibility index (Phi) is 3.05. The number of oxazole rings is 1. The van der Waals surface area contributed by atoms with Gasteiger partial charge in [-0.05, 0) is 24.6 Å². The van der Waals surface area contributed by atoms with E-state index < -0.39 is 0 Å². The largest absolute Gasteiger partial charge is 0.444 e. The van der Waals surface area contributed by atoms with Crippen molar-refractivity contribution in [3.05, 3.63) is 59.6 Å². The minimum absolute atomic E-state index is 0.556. The Morgan fingerprint density at radius 1 is 1.11 bits per heavy atom. The molecule has 3 rings (SSSR count). The van der Waals surface area contributed by atoms with Gasteiger partial charge < -0.3 is 4.42 Å². The van der Waals surface area contributed by atoms with Gasteiger partial charge in [-0.2, -0.15) is 0 Å². The molecule has 0 unspecified atom stereocenters. The Morgan fingerprint density at radius 3 is 2.74 bits per heavy atom. The van der Waals surface area contributed by atoms with E-state index in [9.17, 15) is 0 Å². The number of aryl methyl sites for hydroxylation is 1. The summed E-state index contributed by atoms with van der Waals surface area (Å²) >= 11 is 6.15. The van der Waals surface area contributed by atoms with Crippen LogP contribution in [0, 0.1) is 6.92 Å². The smallest absolute Gasteiger partial charge is 0.228 e. The maximum absolute atomic E-state index is 6.15. The van der Waals surface area contributed by atoms with Crippen molar-refractivity contribution < 1.29 is 4.42 Å². The number of hydrogen-bond donors (Lipinski definition) is 0. The predicted octanol–water partition coefficient (Wildman–Crippen LogP) is 4.37. The highest BCUT2D eigenvalue weighted by atomic mass is 35.5. The molecule has 0 aliphatic rings. The molecule has 19 heavy (non-hydrogen) atoms. The maximum atomic E-state index is 6.15. The standard InChI is InChI=1S/C15H11ClN2O/c1-10-6-7-17-8-12(10)15-18-14(9-19-15)11-4-2-3-5-13(11)16/h2-9H,1H3. The molecule has 0 fully saturated rings. The highest BCUT2D eigenvalue weighted by Gasteiger charge is 2.12. The molecule has 3 nitrogen and oxygen atoms in total. The van der Waals surface area contributed by atoms with Crippen molar-refractivity contribution in [3.8, 4) is 22.7 Å². The Labute approximate surface area is 115 Å². The average Bonchev–Trinajstić information content (AvgIpc) is 2.89. The van der Waals surface area contributed by atoms with E-state index in [1.165, 1.54) is 0 Å². The summed E-state index contributed by atoms with van der Waals surface area (Å²) in [4.78, 5) is 8.58. The summed E-state index contributed by atoms with van der Waals surface area (Å²) in [5.74, 6) is 0.556. The molecule has 0 bridgehead atoms. The Hall–Kier alpha value is -2.13. The lowest BCUT2D eigenvalue weighted by Crippen LogP contribution is -1.85. The minimum atomic E-state index is 0.556. The van der Waals surface area contributed by atoms with E-state index in [0.717, 1.165) is 22.4 Å². The van der Waals surface area contributed by atoms with E-state index in [0.29, 0.717) is 10.9 Å².